The Morgan fingerprint density at radius 2 is 1.96 bits per heavy atom. The van der Waals surface area contributed by atoms with Gasteiger partial charge in [0.05, 0.1) is 10.9 Å². The molecule has 0 saturated heterocycles. The van der Waals surface area contributed by atoms with Crippen LogP contribution in [0, 0.1) is 0 Å². The maximum absolute atomic E-state index is 12.5. The highest BCUT2D eigenvalue weighted by atomic mass is 35.5. The van der Waals surface area contributed by atoms with Crippen LogP contribution in [0.2, 0.25) is 9.36 Å². The molecule has 0 bridgehead atoms. The molecule has 0 aliphatic heterocycles. The summed E-state index contributed by atoms with van der Waals surface area (Å²) in [6.45, 7) is 3.08. The molecule has 1 amide bonds. The first-order valence-corrected chi connectivity index (χ1v) is 9.18. The first-order valence-electron chi connectivity index (χ1n) is 7.61. The van der Waals surface area contributed by atoms with E-state index < -0.39 is 0 Å². The van der Waals surface area contributed by atoms with Crippen molar-refractivity contribution in [1.29, 1.82) is 0 Å². The molecule has 0 atom stereocenters. The Balaban J connectivity index is 1.66. The van der Waals surface area contributed by atoms with Gasteiger partial charge in [-0.1, -0.05) is 23.2 Å². The lowest BCUT2D eigenvalue weighted by Crippen LogP contribution is -2.33. The Morgan fingerprint density at radius 3 is 2.60 bits per heavy atom. The summed E-state index contributed by atoms with van der Waals surface area (Å²) in [7, 11) is 0. The van der Waals surface area contributed by atoms with E-state index in [-0.39, 0.29) is 12.5 Å². The number of benzene rings is 1. The zero-order chi connectivity index (χ0) is 17.8. The molecule has 0 saturated carbocycles. The number of halogens is 2. The molecule has 0 N–H and O–H groups in total. The molecular weight excluding hydrogens is 381 g/mol. The standard InChI is InChI=1S/C16H15Cl2N5OS/c1-2-22(9-13-7-8-14(18)25-13)15(24)10-23-20-16(19-21-23)11-3-5-12(17)6-4-11/h3-8H,2,9-10H2,1H3. The smallest absolute Gasteiger partial charge is 0.246 e. The highest BCUT2D eigenvalue weighted by Crippen LogP contribution is 2.23. The number of thiophene rings is 1. The minimum absolute atomic E-state index is 0.0353. The van der Waals surface area contributed by atoms with Crippen molar-refractivity contribution >= 4 is 40.4 Å². The topological polar surface area (TPSA) is 63.9 Å². The molecule has 1 aromatic carbocycles. The van der Waals surface area contributed by atoms with E-state index in [1.807, 2.05) is 31.2 Å². The van der Waals surface area contributed by atoms with E-state index in [2.05, 4.69) is 15.4 Å². The van der Waals surface area contributed by atoms with E-state index >= 15 is 0 Å². The second-order valence-corrected chi connectivity index (χ2v) is 7.50. The molecule has 0 fully saturated rings. The Kier molecular flexibility index (Phi) is 5.67. The van der Waals surface area contributed by atoms with Gasteiger partial charge in [0.15, 0.2) is 0 Å². The predicted octanol–water partition coefficient (Wildman–Crippen LogP) is 3.76. The molecule has 0 unspecified atom stereocenters. The number of hydrogen-bond donors (Lipinski definition) is 0. The van der Waals surface area contributed by atoms with Crippen molar-refractivity contribution in [2.75, 3.05) is 6.54 Å². The van der Waals surface area contributed by atoms with Crippen molar-refractivity contribution in [1.82, 2.24) is 25.1 Å². The number of aromatic nitrogens is 4. The van der Waals surface area contributed by atoms with Crippen molar-refractivity contribution < 1.29 is 4.79 Å². The third-order valence-corrected chi connectivity index (χ3v) is 5.01. The van der Waals surface area contributed by atoms with Crippen LogP contribution in [0.3, 0.4) is 0 Å². The average Bonchev–Trinajstić information content (AvgIpc) is 3.22. The number of carbonyl (C=O) groups is 1. The van der Waals surface area contributed by atoms with Crippen LogP contribution in [-0.2, 0) is 17.9 Å². The van der Waals surface area contributed by atoms with Crippen molar-refractivity contribution in [2.45, 2.75) is 20.0 Å². The summed E-state index contributed by atoms with van der Waals surface area (Å²) in [5.41, 5.74) is 0.795. The van der Waals surface area contributed by atoms with Crippen LogP contribution in [0.1, 0.15) is 11.8 Å². The number of likely N-dealkylation sites (N-methyl/N-ethyl adjacent to an activating group) is 1. The number of amides is 1. The predicted molar refractivity (Wildman–Crippen MR) is 98.7 cm³/mol. The lowest BCUT2D eigenvalue weighted by atomic mass is 10.2. The molecule has 130 valence electrons. The second-order valence-electron chi connectivity index (χ2n) is 5.26. The average molecular weight is 396 g/mol. The minimum atomic E-state index is -0.0768. The first-order chi connectivity index (χ1) is 12.0. The molecule has 25 heavy (non-hydrogen) atoms. The number of tetrazole rings is 1. The Labute approximate surface area is 159 Å². The van der Waals surface area contributed by atoms with Gasteiger partial charge in [0, 0.05) is 22.0 Å². The van der Waals surface area contributed by atoms with Crippen molar-refractivity contribution in [3.05, 3.63) is 50.6 Å². The quantitative estimate of drug-likeness (QED) is 0.637. The van der Waals surface area contributed by atoms with Crippen LogP contribution >= 0.6 is 34.5 Å². The van der Waals surface area contributed by atoms with E-state index in [0.29, 0.717) is 28.3 Å². The fourth-order valence-corrected chi connectivity index (χ4v) is 3.48. The molecule has 3 rings (SSSR count). The summed E-state index contributed by atoms with van der Waals surface area (Å²) in [4.78, 5) is 16.6. The molecule has 9 heteroatoms. The maximum Gasteiger partial charge on any atom is 0.246 e. The molecule has 0 aliphatic rings. The van der Waals surface area contributed by atoms with Crippen molar-refractivity contribution in [3.63, 3.8) is 0 Å². The Bertz CT molecular complexity index is 862. The van der Waals surface area contributed by atoms with E-state index in [1.165, 1.54) is 16.1 Å². The summed E-state index contributed by atoms with van der Waals surface area (Å²) in [6, 6.07) is 10.9. The van der Waals surface area contributed by atoms with Crippen LogP contribution in [0.4, 0.5) is 0 Å². The summed E-state index contributed by atoms with van der Waals surface area (Å²) in [5.74, 6) is 0.379. The fourth-order valence-electron chi connectivity index (χ4n) is 2.25. The van der Waals surface area contributed by atoms with Gasteiger partial charge >= 0.3 is 0 Å². The monoisotopic (exact) mass is 395 g/mol. The van der Waals surface area contributed by atoms with Gasteiger partial charge in [-0.3, -0.25) is 4.79 Å². The third kappa shape index (κ3) is 4.56. The molecule has 0 spiro atoms. The first kappa shape index (κ1) is 17.8. The minimum Gasteiger partial charge on any atom is -0.336 e. The van der Waals surface area contributed by atoms with Gasteiger partial charge in [-0.05, 0) is 48.5 Å². The van der Waals surface area contributed by atoms with E-state index in [4.69, 9.17) is 23.2 Å². The molecule has 2 aromatic heterocycles. The Hall–Kier alpha value is -1.96. The lowest BCUT2D eigenvalue weighted by Gasteiger charge is -2.19. The lowest BCUT2D eigenvalue weighted by molar-refractivity contribution is -0.132. The van der Waals surface area contributed by atoms with Crippen LogP contribution in [0.15, 0.2) is 36.4 Å². The van der Waals surface area contributed by atoms with Gasteiger partial charge in [0.1, 0.15) is 6.54 Å². The highest BCUT2D eigenvalue weighted by Gasteiger charge is 2.16. The fraction of sp³-hybridized carbons (Fsp3) is 0.250. The zero-order valence-corrected chi connectivity index (χ0v) is 15.7. The third-order valence-electron chi connectivity index (χ3n) is 3.54. The summed E-state index contributed by atoms with van der Waals surface area (Å²) in [5, 5.41) is 12.9. The maximum atomic E-state index is 12.5. The number of nitrogens with zero attached hydrogens (tertiary/aromatic N) is 5. The van der Waals surface area contributed by atoms with Crippen LogP contribution < -0.4 is 0 Å². The molecule has 2 heterocycles. The normalized spacial score (nSPS) is 10.8. The number of rotatable bonds is 6. The molecule has 6 nitrogen and oxygen atoms in total. The summed E-state index contributed by atoms with van der Waals surface area (Å²) in [6.07, 6.45) is 0. The van der Waals surface area contributed by atoms with Crippen molar-refractivity contribution in [2.24, 2.45) is 0 Å². The van der Waals surface area contributed by atoms with Gasteiger partial charge in [-0.25, -0.2) is 0 Å². The SMILES string of the molecule is CCN(Cc1ccc(Cl)s1)C(=O)Cn1nnc(-c2ccc(Cl)cc2)n1. The largest absolute Gasteiger partial charge is 0.336 e. The van der Waals surface area contributed by atoms with E-state index in [9.17, 15) is 4.79 Å². The van der Waals surface area contributed by atoms with Gasteiger partial charge in [0.2, 0.25) is 11.7 Å². The van der Waals surface area contributed by atoms with Crippen molar-refractivity contribution in [3.8, 4) is 11.4 Å². The van der Waals surface area contributed by atoms with Crippen LogP contribution in [0.25, 0.3) is 11.4 Å². The summed E-state index contributed by atoms with van der Waals surface area (Å²) < 4.78 is 0.712. The van der Waals surface area contributed by atoms with Gasteiger partial charge in [-0.15, -0.1) is 21.5 Å². The van der Waals surface area contributed by atoms with Gasteiger partial charge in [-0.2, -0.15) is 4.80 Å². The van der Waals surface area contributed by atoms with E-state index in [1.54, 1.807) is 17.0 Å². The molecular formula is C16H15Cl2N5OS. The second kappa shape index (κ2) is 7.95. The van der Waals surface area contributed by atoms with Gasteiger partial charge < -0.3 is 4.90 Å². The number of hydrogen-bond acceptors (Lipinski definition) is 5. The molecule has 0 radical (unpaired) electrons. The highest BCUT2D eigenvalue weighted by molar-refractivity contribution is 7.16. The summed E-state index contributed by atoms with van der Waals surface area (Å²) >= 11 is 13.3. The van der Waals surface area contributed by atoms with Crippen LogP contribution in [-0.4, -0.2) is 37.6 Å². The van der Waals surface area contributed by atoms with Gasteiger partial charge in [0.25, 0.3) is 0 Å². The molecule has 0 aliphatic carbocycles. The Morgan fingerprint density at radius 1 is 1.20 bits per heavy atom. The number of carbonyl (C=O) groups excluding carboxylic acids is 1. The zero-order valence-electron chi connectivity index (χ0n) is 13.4. The van der Waals surface area contributed by atoms with E-state index in [0.717, 1.165) is 10.4 Å². The van der Waals surface area contributed by atoms with Crippen LogP contribution in [0.5, 0.6) is 0 Å². The molecule has 3 aromatic rings.